The molecule has 4 heteroatoms. The van der Waals surface area contributed by atoms with E-state index in [1.807, 2.05) is 38.1 Å². The molecule has 3 aromatic heterocycles. The van der Waals surface area contributed by atoms with Gasteiger partial charge in [-0.15, -0.1) is 10.2 Å². The Labute approximate surface area is 92.4 Å². The van der Waals surface area contributed by atoms with Crippen molar-refractivity contribution in [3.05, 3.63) is 35.7 Å². The van der Waals surface area contributed by atoms with E-state index in [0.717, 1.165) is 22.2 Å². The maximum absolute atomic E-state index is 4.35. The van der Waals surface area contributed by atoms with Crippen molar-refractivity contribution in [2.45, 2.75) is 13.8 Å². The van der Waals surface area contributed by atoms with Crippen molar-refractivity contribution >= 4 is 22.1 Å². The molecule has 0 aliphatic carbocycles. The fourth-order valence-electron chi connectivity index (χ4n) is 1.75. The van der Waals surface area contributed by atoms with Crippen LogP contribution < -0.4 is 0 Å². The molecule has 0 N–H and O–H groups in total. The van der Waals surface area contributed by atoms with E-state index in [-0.39, 0.29) is 0 Å². The second-order valence-electron chi connectivity index (χ2n) is 3.85. The van der Waals surface area contributed by atoms with Crippen LogP contribution in [0.15, 0.2) is 24.3 Å². The van der Waals surface area contributed by atoms with Gasteiger partial charge in [-0.05, 0) is 38.1 Å². The van der Waals surface area contributed by atoms with Crippen molar-refractivity contribution in [3.63, 3.8) is 0 Å². The predicted molar refractivity (Wildman–Crippen MR) is 62.1 cm³/mol. The van der Waals surface area contributed by atoms with Gasteiger partial charge < -0.3 is 0 Å². The molecule has 78 valence electrons. The zero-order valence-corrected chi connectivity index (χ0v) is 9.10. The maximum Gasteiger partial charge on any atom is 0.182 e. The molecule has 3 rings (SSSR count). The van der Waals surface area contributed by atoms with E-state index in [4.69, 9.17) is 0 Å². The van der Waals surface area contributed by atoms with Gasteiger partial charge in [0.15, 0.2) is 11.3 Å². The third-order valence-electron chi connectivity index (χ3n) is 2.56. The summed E-state index contributed by atoms with van der Waals surface area (Å²) in [4.78, 5) is 8.69. The Morgan fingerprint density at radius 2 is 1.12 bits per heavy atom. The van der Waals surface area contributed by atoms with Gasteiger partial charge in [-0.2, -0.15) is 0 Å². The number of fused-ring (bicyclic) bond motifs is 3. The quantitative estimate of drug-likeness (QED) is 0.534. The van der Waals surface area contributed by atoms with Crippen molar-refractivity contribution in [1.29, 1.82) is 0 Å². The molecular weight excluding hydrogens is 200 g/mol. The summed E-state index contributed by atoms with van der Waals surface area (Å²) in [5.41, 5.74) is 3.25. The lowest BCUT2D eigenvalue weighted by Gasteiger charge is -2.02. The fourth-order valence-corrected chi connectivity index (χ4v) is 1.75. The minimum absolute atomic E-state index is 0.679. The van der Waals surface area contributed by atoms with Crippen LogP contribution >= 0.6 is 0 Å². The zero-order valence-electron chi connectivity index (χ0n) is 9.10. The van der Waals surface area contributed by atoms with Gasteiger partial charge in [-0.1, -0.05) is 0 Å². The second-order valence-corrected chi connectivity index (χ2v) is 3.85. The second kappa shape index (κ2) is 3.20. The summed E-state index contributed by atoms with van der Waals surface area (Å²) in [7, 11) is 0. The summed E-state index contributed by atoms with van der Waals surface area (Å²) in [5.74, 6) is 0. The first-order valence-electron chi connectivity index (χ1n) is 5.11. The zero-order chi connectivity index (χ0) is 11.1. The SMILES string of the molecule is Cc1ccc2c(nnc3nc(C)ccc32)n1. The number of hydrogen-bond acceptors (Lipinski definition) is 4. The molecule has 0 amide bonds. The Bertz CT molecular complexity index is 630. The molecule has 3 heterocycles. The first-order chi connectivity index (χ1) is 7.74. The topological polar surface area (TPSA) is 51.6 Å². The van der Waals surface area contributed by atoms with Crippen LogP contribution in [0.2, 0.25) is 0 Å². The Morgan fingerprint density at radius 3 is 1.56 bits per heavy atom. The van der Waals surface area contributed by atoms with E-state index in [0.29, 0.717) is 11.3 Å². The van der Waals surface area contributed by atoms with Crippen LogP contribution in [0.4, 0.5) is 0 Å². The molecule has 3 aromatic rings. The smallest absolute Gasteiger partial charge is 0.182 e. The molecule has 0 saturated heterocycles. The molecule has 0 saturated carbocycles. The highest BCUT2D eigenvalue weighted by atomic mass is 15.2. The third kappa shape index (κ3) is 1.31. The van der Waals surface area contributed by atoms with Gasteiger partial charge in [-0.25, -0.2) is 9.97 Å². The lowest BCUT2D eigenvalue weighted by Crippen LogP contribution is -1.94. The number of pyridine rings is 2. The Balaban J connectivity index is 2.50. The van der Waals surface area contributed by atoms with Crippen molar-refractivity contribution in [3.8, 4) is 0 Å². The van der Waals surface area contributed by atoms with Crippen LogP contribution in [0.5, 0.6) is 0 Å². The van der Waals surface area contributed by atoms with Gasteiger partial charge in [-0.3, -0.25) is 0 Å². The first kappa shape index (κ1) is 9.15. The third-order valence-corrected chi connectivity index (χ3v) is 2.56. The van der Waals surface area contributed by atoms with Crippen LogP contribution in [0.25, 0.3) is 22.1 Å². The molecule has 16 heavy (non-hydrogen) atoms. The van der Waals surface area contributed by atoms with E-state index >= 15 is 0 Å². The maximum atomic E-state index is 4.35. The normalized spacial score (nSPS) is 11.1. The van der Waals surface area contributed by atoms with Crippen LogP contribution in [0.1, 0.15) is 11.4 Å². The molecule has 0 aliphatic rings. The molecule has 0 spiro atoms. The van der Waals surface area contributed by atoms with Crippen molar-refractivity contribution < 1.29 is 0 Å². The van der Waals surface area contributed by atoms with E-state index in [1.165, 1.54) is 0 Å². The lowest BCUT2D eigenvalue weighted by molar-refractivity contribution is 1.05. The Kier molecular flexibility index (Phi) is 1.83. The summed E-state index contributed by atoms with van der Waals surface area (Å²) in [6.45, 7) is 3.89. The van der Waals surface area contributed by atoms with Crippen molar-refractivity contribution in [1.82, 2.24) is 20.2 Å². The Morgan fingerprint density at radius 1 is 0.688 bits per heavy atom. The van der Waals surface area contributed by atoms with E-state index in [9.17, 15) is 0 Å². The summed E-state index contributed by atoms with van der Waals surface area (Å²) in [6, 6.07) is 7.99. The van der Waals surface area contributed by atoms with Gasteiger partial charge in [0.05, 0.1) is 0 Å². The number of hydrogen-bond donors (Lipinski definition) is 0. The molecule has 4 nitrogen and oxygen atoms in total. The predicted octanol–water partition coefficient (Wildman–Crippen LogP) is 2.19. The highest BCUT2D eigenvalue weighted by Crippen LogP contribution is 2.19. The Hall–Kier alpha value is -2.10. The van der Waals surface area contributed by atoms with Gasteiger partial charge in [0, 0.05) is 22.2 Å². The summed E-state index contributed by atoms with van der Waals surface area (Å²) >= 11 is 0. The summed E-state index contributed by atoms with van der Waals surface area (Å²) in [6.07, 6.45) is 0. The van der Waals surface area contributed by atoms with Crippen molar-refractivity contribution in [2.24, 2.45) is 0 Å². The standard InChI is InChI=1S/C12H10N4/c1-7-3-5-9-10-6-4-8(2)14-12(10)16-15-11(9)13-7/h3-6H,1-2H3. The first-order valence-corrected chi connectivity index (χ1v) is 5.11. The molecule has 0 aliphatic heterocycles. The minimum Gasteiger partial charge on any atom is -0.232 e. The average molecular weight is 210 g/mol. The molecule has 0 bridgehead atoms. The molecule has 0 unspecified atom stereocenters. The molecular formula is C12H10N4. The number of aromatic nitrogens is 4. The fraction of sp³-hybridized carbons (Fsp3) is 0.167. The number of rotatable bonds is 0. The van der Waals surface area contributed by atoms with Crippen molar-refractivity contribution in [2.75, 3.05) is 0 Å². The van der Waals surface area contributed by atoms with Gasteiger partial charge >= 0.3 is 0 Å². The van der Waals surface area contributed by atoms with Crippen LogP contribution in [0, 0.1) is 13.8 Å². The molecule has 0 fully saturated rings. The largest absolute Gasteiger partial charge is 0.232 e. The monoisotopic (exact) mass is 210 g/mol. The average Bonchev–Trinajstić information content (AvgIpc) is 2.28. The molecule has 0 radical (unpaired) electrons. The minimum atomic E-state index is 0.679. The van der Waals surface area contributed by atoms with E-state index in [2.05, 4.69) is 20.2 Å². The van der Waals surface area contributed by atoms with Crippen LogP contribution in [0.3, 0.4) is 0 Å². The summed E-state index contributed by atoms with van der Waals surface area (Å²) in [5, 5.41) is 10.2. The number of aryl methyl sites for hydroxylation is 2. The van der Waals surface area contributed by atoms with Crippen LogP contribution in [-0.2, 0) is 0 Å². The highest BCUT2D eigenvalue weighted by molar-refractivity contribution is 6.00. The highest BCUT2D eigenvalue weighted by Gasteiger charge is 2.05. The van der Waals surface area contributed by atoms with Gasteiger partial charge in [0.2, 0.25) is 0 Å². The number of nitrogens with zero attached hydrogens (tertiary/aromatic N) is 4. The lowest BCUT2D eigenvalue weighted by atomic mass is 10.2. The van der Waals surface area contributed by atoms with E-state index < -0.39 is 0 Å². The van der Waals surface area contributed by atoms with Gasteiger partial charge in [0.25, 0.3) is 0 Å². The molecule has 0 atom stereocenters. The molecule has 0 aromatic carbocycles. The van der Waals surface area contributed by atoms with E-state index in [1.54, 1.807) is 0 Å². The van der Waals surface area contributed by atoms with Crippen LogP contribution in [-0.4, -0.2) is 20.2 Å². The van der Waals surface area contributed by atoms with Gasteiger partial charge in [0.1, 0.15) is 0 Å². The summed E-state index contributed by atoms with van der Waals surface area (Å²) < 4.78 is 0.